The average Bonchev–Trinajstić information content (AvgIpc) is 2.47. The molecule has 0 spiro atoms. The molecule has 0 bridgehead atoms. The number of nitrogens with one attached hydrogen (secondary N) is 1. The van der Waals surface area contributed by atoms with E-state index in [-0.39, 0.29) is 10.6 Å². The van der Waals surface area contributed by atoms with Crippen molar-refractivity contribution < 1.29 is 26.0 Å². The molecule has 13 heteroatoms. The molecular weight excluding hydrogens is 406 g/mol. The molecule has 1 heterocycles. The quantitative estimate of drug-likeness (QED) is 0.770. The summed E-state index contributed by atoms with van der Waals surface area (Å²) in [6.45, 7) is 0. The molecule has 0 atom stereocenters. The normalized spacial score (nSPS) is 12.6. The number of aromatic nitrogens is 2. The first kappa shape index (κ1) is 20.1. The third kappa shape index (κ3) is 3.52. The zero-order chi connectivity index (χ0) is 20.0. The van der Waals surface area contributed by atoms with Gasteiger partial charge in [-0.05, 0) is 12.1 Å². The topological polar surface area (TPSA) is 92.2 Å². The Kier molecular flexibility index (Phi) is 5.05. The van der Waals surface area contributed by atoms with Gasteiger partial charge in [-0.25, -0.2) is 26.5 Å². The number of halogens is 5. The summed E-state index contributed by atoms with van der Waals surface area (Å²) in [7, 11) is -1.87. The fourth-order valence-corrected chi connectivity index (χ4v) is 3.36. The summed E-state index contributed by atoms with van der Waals surface area (Å²) in [5, 5.41) is -0.531. The molecular formula is C13H10ClF4N3O4S. The van der Waals surface area contributed by atoms with Gasteiger partial charge in [-0.1, -0.05) is 11.6 Å². The summed E-state index contributed by atoms with van der Waals surface area (Å²) in [5.41, 5.74) is -5.59. The van der Waals surface area contributed by atoms with Gasteiger partial charge in [0.2, 0.25) is 10.0 Å². The molecule has 7 nitrogen and oxygen atoms in total. The van der Waals surface area contributed by atoms with Crippen LogP contribution in [-0.4, -0.2) is 36.4 Å². The SMILES string of the molecule is CN(C)S(=O)(=O)c1cc(-n2c(=O)cc(C(F)(F)F)[nH]c2=O)c(F)cc1Cl. The summed E-state index contributed by atoms with van der Waals surface area (Å²) < 4.78 is 77.2. The number of benzene rings is 1. The van der Waals surface area contributed by atoms with Crippen molar-refractivity contribution in [3.63, 3.8) is 0 Å². The van der Waals surface area contributed by atoms with Crippen LogP contribution in [0.2, 0.25) is 5.02 Å². The zero-order valence-corrected chi connectivity index (χ0v) is 14.6. The van der Waals surface area contributed by atoms with Crippen LogP contribution in [-0.2, 0) is 16.2 Å². The molecule has 2 aromatic rings. The lowest BCUT2D eigenvalue weighted by Gasteiger charge is -2.15. The fraction of sp³-hybridized carbons (Fsp3) is 0.231. The van der Waals surface area contributed by atoms with Gasteiger partial charge >= 0.3 is 11.9 Å². The Morgan fingerprint density at radius 3 is 2.19 bits per heavy atom. The Morgan fingerprint density at radius 2 is 1.73 bits per heavy atom. The van der Waals surface area contributed by atoms with Gasteiger partial charge in [-0.3, -0.25) is 4.79 Å². The molecule has 0 fully saturated rings. The molecule has 0 saturated heterocycles. The van der Waals surface area contributed by atoms with Crippen molar-refractivity contribution in [2.75, 3.05) is 14.1 Å². The highest BCUT2D eigenvalue weighted by Crippen LogP contribution is 2.28. The number of H-pyrrole nitrogens is 1. The predicted octanol–water partition coefficient (Wildman–Crippen LogP) is 1.59. The summed E-state index contributed by atoms with van der Waals surface area (Å²) in [5.74, 6) is -1.28. The van der Waals surface area contributed by atoms with Gasteiger partial charge in [0, 0.05) is 20.2 Å². The first-order valence-corrected chi connectivity index (χ1v) is 8.44. The molecule has 2 rings (SSSR count). The molecule has 0 unspecified atom stereocenters. The smallest absolute Gasteiger partial charge is 0.303 e. The van der Waals surface area contributed by atoms with Crippen LogP contribution in [0.15, 0.2) is 32.7 Å². The van der Waals surface area contributed by atoms with E-state index >= 15 is 0 Å². The van der Waals surface area contributed by atoms with E-state index in [2.05, 4.69) is 0 Å². The third-order valence-electron chi connectivity index (χ3n) is 3.24. The number of aromatic amines is 1. The average molecular weight is 416 g/mol. The van der Waals surface area contributed by atoms with Crippen LogP contribution < -0.4 is 11.2 Å². The summed E-state index contributed by atoms with van der Waals surface area (Å²) in [4.78, 5) is 24.6. The standard InChI is InChI=1S/C13H10ClF4N3O4S/c1-20(2)26(24,25)9-4-8(7(15)3-6(9)14)21-11(22)5-10(13(16,17)18)19-12(21)23/h3-5H,1-2H3,(H,19,23). The zero-order valence-electron chi connectivity index (χ0n) is 13.1. The largest absolute Gasteiger partial charge is 0.431 e. The van der Waals surface area contributed by atoms with E-state index in [0.717, 1.165) is 18.4 Å². The number of hydrogen-bond acceptors (Lipinski definition) is 4. The highest BCUT2D eigenvalue weighted by molar-refractivity contribution is 7.89. The van der Waals surface area contributed by atoms with Crippen LogP contribution in [0.1, 0.15) is 5.69 Å². The molecule has 1 aromatic carbocycles. The van der Waals surface area contributed by atoms with E-state index in [1.807, 2.05) is 0 Å². The van der Waals surface area contributed by atoms with E-state index in [1.54, 1.807) is 0 Å². The Bertz CT molecular complexity index is 1060. The molecule has 0 aliphatic rings. The van der Waals surface area contributed by atoms with Gasteiger partial charge in [-0.2, -0.15) is 13.2 Å². The molecule has 0 amide bonds. The van der Waals surface area contributed by atoms with Crippen molar-refractivity contribution in [3.05, 3.63) is 55.6 Å². The molecule has 26 heavy (non-hydrogen) atoms. The maximum absolute atomic E-state index is 14.2. The second kappa shape index (κ2) is 6.52. The molecule has 142 valence electrons. The monoisotopic (exact) mass is 415 g/mol. The Hall–Kier alpha value is -2.18. The Morgan fingerprint density at radius 1 is 1.15 bits per heavy atom. The van der Waals surface area contributed by atoms with E-state index in [0.29, 0.717) is 12.1 Å². The van der Waals surface area contributed by atoms with Crippen molar-refractivity contribution in [3.8, 4) is 5.69 Å². The van der Waals surface area contributed by atoms with Crippen LogP contribution in [0.25, 0.3) is 5.69 Å². The van der Waals surface area contributed by atoms with Gasteiger partial charge in [-0.15, -0.1) is 0 Å². The van der Waals surface area contributed by atoms with Gasteiger partial charge < -0.3 is 4.98 Å². The predicted molar refractivity (Wildman–Crippen MR) is 83.5 cm³/mol. The molecule has 0 saturated carbocycles. The van der Waals surface area contributed by atoms with Gasteiger partial charge in [0.25, 0.3) is 5.56 Å². The van der Waals surface area contributed by atoms with Gasteiger partial charge in [0.15, 0.2) is 0 Å². The van der Waals surface area contributed by atoms with Crippen LogP contribution >= 0.6 is 11.6 Å². The first-order chi connectivity index (χ1) is 11.8. The number of alkyl halides is 3. The maximum Gasteiger partial charge on any atom is 0.431 e. The summed E-state index contributed by atoms with van der Waals surface area (Å²) in [6, 6.07) is 1.18. The lowest BCUT2D eigenvalue weighted by molar-refractivity contribution is -0.141. The molecule has 0 aliphatic heterocycles. The molecule has 1 N–H and O–H groups in total. The number of sulfonamides is 1. The van der Waals surface area contributed by atoms with E-state index in [9.17, 15) is 35.6 Å². The van der Waals surface area contributed by atoms with E-state index in [4.69, 9.17) is 11.6 Å². The van der Waals surface area contributed by atoms with Crippen molar-refractivity contribution in [2.45, 2.75) is 11.1 Å². The molecule has 1 aromatic heterocycles. The van der Waals surface area contributed by atoms with Crippen LogP contribution in [0.5, 0.6) is 0 Å². The van der Waals surface area contributed by atoms with Gasteiger partial charge in [0.05, 0.1) is 10.7 Å². The van der Waals surface area contributed by atoms with Crippen LogP contribution in [0.4, 0.5) is 17.6 Å². The van der Waals surface area contributed by atoms with Crippen molar-refractivity contribution in [1.82, 2.24) is 13.9 Å². The van der Waals surface area contributed by atoms with Crippen molar-refractivity contribution in [2.24, 2.45) is 0 Å². The molecule has 0 radical (unpaired) electrons. The Labute approximate surface area is 148 Å². The highest BCUT2D eigenvalue weighted by atomic mass is 35.5. The highest BCUT2D eigenvalue weighted by Gasteiger charge is 2.33. The second-order valence-corrected chi connectivity index (χ2v) is 7.71. The van der Waals surface area contributed by atoms with Crippen LogP contribution in [0, 0.1) is 5.82 Å². The minimum Gasteiger partial charge on any atom is -0.303 e. The number of hydrogen-bond donors (Lipinski definition) is 1. The number of rotatable bonds is 3. The lowest BCUT2D eigenvalue weighted by atomic mass is 10.3. The summed E-state index contributed by atoms with van der Waals surface area (Å²) in [6.07, 6.45) is -5.00. The summed E-state index contributed by atoms with van der Waals surface area (Å²) >= 11 is 5.71. The first-order valence-electron chi connectivity index (χ1n) is 6.62. The van der Waals surface area contributed by atoms with Crippen LogP contribution in [0.3, 0.4) is 0 Å². The minimum atomic E-state index is -5.00. The lowest BCUT2D eigenvalue weighted by Crippen LogP contribution is -2.36. The maximum atomic E-state index is 14.2. The van der Waals surface area contributed by atoms with E-state index < -0.39 is 54.6 Å². The van der Waals surface area contributed by atoms with E-state index in [1.165, 1.54) is 4.98 Å². The van der Waals surface area contributed by atoms with Crippen molar-refractivity contribution in [1.29, 1.82) is 0 Å². The van der Waals surface area contributed by atoms with Gasteiger partial charge in [0.1, 0.15) is 16.4 Å². The third-order valence-corrected chi connectivity index (χ3v) is 5.52. The van der Waals surface area contributed by atoms with Crippen molar-refractivity contribution >= 4 is 21.6 Å². The number of nitrogens with zero attached hydrogens (tertiary/aromatic N) is 2. The Balaban J connectivity index is 2.83. The second-order valence-electron chi connectivity index (χ2n) is 5.18. The molecule has 0 aliphatic carbocycles. The minimum absolute atomic E-state index is 0.0373. The fourth-order valence-electron chi connectivity index (χ4n) is 1.96.